The van der Waals surface area contributed by atoms with E-state index >= 15 is 0 Å². The molecule has 0 unspecified atom stereocenters. The lowest BCUT2D eigenvalue weighted by molar-refractivity contribution is -0.742. The fourth-order valence-electron chi connectivity index (χ4n) is 1.23. The van der Waals surface area contributed by atoms with E-state index in [9.17, 15) is 0 Å². The molecule has 0 saturated heterocycles. The number of aromatic nitrogens is 2. The van der Waals surface area contributed by atoms with Crippen LogP contribution in [-0.4, -0.2) is 19.8 Å². The third kappa shape index (κ3) is 5.72. The number of rotatable bonds is 2. The van der Waals surface area contributed by atoms with Gasteiger partial charge in [0.25, 0.3) is 5.09 Å². The number of benzene rings is 1. The van der Waals surface area contributed by atoms with Gasteiger partial charge in [-0.1, -0.05) is 49.5 Å². The van der Waals surface area contributed by atoms with Crippen molar-refractivity contribution >= 4 is 54.7 Å². The van der Waals surface area contributed by atoms with E-state index in [2.05, 4.69) is 36.8 Å². The van der Waals surface area contributed by atoms with Crippen LogP contribution in [0.15, 0.2) is 45.9 Å². The Bertz CT molecular complexity index is 613. The second-order valence-corrected chi connectivity index (χ2v) is 5.53. The highest BCUT2D eigenvalue weighted by Crippen LogP contribution is 2.30. The summed E-state index contributed by atoms with van der Waals surface area (Å²) in [5, 5.41) is 14.3. The molecule has 2 rings (SSSR count). The Kier molecular flexibility index (Phi) is 6.69. The predicted molar refractivity (Wildman–Crippen MR) is 82.9 cm³/mol. The highest BCUT2D eigenvalue weighted by molar-refractivity contribution is 9.11. The fraction of sp³-hybridized carbons (Fsp3) is 0. The molecule has 0 aliphatic heterocycles. The maximum Gasteiger partial charge on any atom is 0.291 e. The van der Waals surface area contributed by atoms with E-state index in [1.165, 1.54) is 0 Å². The van der Waals surface area contributed by atoms with Crippen molar-refractivity contribution in [3.8, 4) is 0 Å². The van der Waals surface area contributed by atoms with Crippen LogP contribution in [0.25, 0.3) is 11.2 Å². The first kappa shape index (κ1) is 16.7. The Morgan fingerprint density at radius 3 is 2.65 bits per heavy atom. The van der Waals surface area contributed by atoms with Crippen molar-refractivity contribution in [3.05, 3.63) is 61.5 Å². The highest BCUT2D eigenvalue weighted by atomic mass is 79.9. The predicted octanol–water partition coefficient (Wildman–Crippen LogP) is 4.25. The van der Waals surface area contributed by atoms with Gasteiger partial charge in [0, 0.05) is 33.1 Å². The minimum absolute atomic E-state index is 0.650. The SMILES string of the molecule is Cl/C(=C/n1ccnc1)c1ccc(Br)cc1Br.O=[N+]([O-])O. The standard InChI is InChI=1S/C11H7Br2ClN2.HNO3/c12-8-1-2-9(10(13)5-8)11(14)6-16-4-3-15-7-16;2-1(3)4/h1-7H;(H,2,3,4)/b11-6+;. The van der Waals surface area contributed by atoms with Crippen LogP contribution in [0, 0.1) is 10.1 Å². The second-order valence-electron chi connectivity index (χ2n) is 3.35. The molecule has 0 aliphatic carbocycles. The Balaban J connectivity index is 0.000000444. The van der Waals surface area contributed by atoms with Crippen molar-refractivity contribution in [2.45, 2.75) is 0 Å². The molecule has 6 nitrogen and oxygen atoms in total. The summed E-state index contributed by atoms with van der Waals surface area (Å²) in [5.74, 6) is 0. The zero-order chi connectivity index (χ0) is 15.1. The number of imidazole rings is 1. The van der Waals surface area contributed by atoms with Crippen molar-refractivity contribution in [2.75, 3.05) is 0 Å². The van der Waals surface area contributed by atoms with E-state index < -0.39 is 5.09 Å². The van der Waals surface area contributed by atoms with Gasteiger partial charge in [-0.3, -0.25) is 0 Å². The van der Waals surface area contributed by atoms with Crippen LogP contribution in [-0.2, 0) is 0 Å². The number of halogens is 3. The molecule has 0 radical (unpaired) electrons. The maximum atomic E-state index is 8.36. The molecule has 20 heavy (non-hydrogen) atoms. The molecule has 0 aliphatic rings. The second kappa shape index (κ2) is 8.03. The number of hydrogen-bond donors (Lipinski definition) is 1. The van der Waals surface area contributed by atoms with Crippen LogP contribution in [0.2, 0.25) is 0 Å². The summed E-state index contributed by atoms with van der Waals surface area (Å²) >= 11 is 13.1. The van der Waals surface area contributed by atoms with Crippen LogP contribution in [0.4, 0.5) is 0 Å². The van der Waals surface area contributed by atoms with E-state index in [0.29, 0.717) is 5.03 Å². The van der Waals surface area contributed by atoms with E-state index in [1.54, 1.807) is 17.1 Å². The van der Waals surface area contributed by atoms with Gasteiger partial charge in [0.1, 0.15) is 0 Å². The summed E-state index contributed by atoms with van der Waals surface area (Å²) in [7, 11) is 0. The van der Waals surface area contributed by atoms with Gasteiger partial charge in [0.2, 0.25) is 0 Å². The first-order valence-corrected chi connectivity index (χ1v) is 7.00. The summed E-state index contributed by atoms with van der Waals surface area (Å²) < 4.78 is 3.76. The molecular weight excluding hydrogens is 417 g/mol. The fourth-order valence-corrected chi connectivity index (χ4v) is 2.88. The molecular formula is C11H8Br2ClN3O3. The lowest BCUT2D eigenvalue weighted by Crippen LogP contribution is -1.84. The van der Waals surface area contributed by atoms with Gasteiger partial charge >= 0.3 is 0 Å². The zero-order valence-corrected chi connectivity index (χ0v) is 13.7. The first-order chi connectivity index (χ1) is 9.40. The van der Waals surface area contributed by atoms with Crippen LogP contribution in [0.3, 0.4) is 0 Å². The van der Waals surface area contributed by atoms with E-state index in [4.69, 9.17) is 26.9 Å². The normalized spacial score (nSPS) is 10.7. The molecule has 9 heteroatoms. The largest absolute Gasteiger partial charge is 0.328 e. The van der Waals surface area contributed by atoms with Crippen LogP contribution >= 0.6 is 43.5 Å². The van der Waals surface area contributed by atoms with Crippen molar-refractivity contribution in [1.29, 1.82) is 0 Å². The summed E-state index contributed by atoms with van der Waals surface area (Å²) in [6.45, 7) is 0. The molecule has 1 heterocycles. The lowest BCUT2D eigenvalue weighted by atomic mass is 10.2. The molecule has 0 amide bonds. The highest BCUT2D eigenvalue weighted by Gasteiger charge is 2.04. The van der Waals surface area contributed by atoms with Crippen LogP contribution in [0.1, 0.15) is 5.56 Å². The minimum Gasteiger partial charge on any atom is -0.328 e. The Labute approximate surface area is 136 Å². The van der Waals surface area contributed by atoms with Crippen molar-refractivity contribution in [3.63, 3.8) is 0 Å². The number of nitrogens with zero attached hydrogens (tertiary/aromatic N) is 3. The lowest BCUT2D eigenvalue weighted by Gasteiger charge is -2.03. The minimum atomic E-state index is -1.50. The van der Waals surface area contributed by atoms with Gasteiger partial charge < -0.3 is 9.77 Å². The Hall–Kier alpha value is -1.38. The maximum absolute atomic E-state index is 8.36. The molecule has 1 aromatic carbocycles. The zero-order valence-electron chi connectivity index (χ0n) is 9.78. The van der Waals surface area contributed by atoms with Gasteiger partial charge in [0.05, 0.1) is 11.4 Å². The molecule has 0 atom stereocenters. The Morgan fingerprint density at radius 1 is 1.50 bits per heavy atom. The average molecular weight is 425 g/mol. The van der Waals surface area contributed by atoms with Crippen molar-refractivity contribution < 1.29 is 10.3 Å². The summed E-state index contributed by atoms with van der Waals surface area (Å²) in [6.07, 6.45) is 7.03. The molecule has 0 fully saturated rings. The van der Waals surface area contributed by atoms with E-state index in [1.807, 2.05) is 30.6 Å². The topological polar surface area (TPSA) is 81.2 Å². The van der Waals surface area contributed by atoms with Crippen LogP contribution in [0.5, 0.6) is 0 Å². The molecule has 0 saturated carbocycles. The van der Waals surface area contributed by atoms with Gasteiger partial charge in [-0.2, -0.15) is 0 Å². The molecule has 1 N–H and O–H groups in total. The molecule has 0 spiro atoms. The summed E-state index contributed by atoms with van der Waals surface area (Å²) in [5.41, 5.74) is 0.943. The average Bonchev–Trinajstić information content (AvgIpc) is 2.80. The quantitative estimate of drug-likeness (QED) is 0.576. The number of hydrogen-bond acceptors (Lipinski definition) is 3. The molecule has 0 bridgehead atoms. The van der Waals surface area contributed by atoms with Crippen molar-refractivity contribution in [1.82, 2.24) is 9.55 Å². The van der Waals surface area contributed by atoms with E-state index in [-0.39, 0.29) is 0 Å². The van der Waals surface area contributed by atoms with E-state index in [0.717, 1.165) is 14.5 Å². The summed E-state index contributed by atoms with van der Waals surface area (Å²) in [6, 6.07) is 5.85. The van der Waals surface area contributed by atoms with Crippen LogP contribution < -0.4 is 0 Å². The van der Waals surface area contributed by atoms with Gasteiger partial charge in [-0.15, -0.1) is 10.1 Å². The van der Waals surface area contributed by atoms with Crippen molar-refractivity contribution in [2.24, 2.45) is 0 Å². The summed E-state index contributed by atoms with van der Waals surface area (Å²) in [4.78, 5) is 12.3. The monoisotopic (exact) mass is 423 g/mol. The Morgan fingerprint density at radius 2 is 2.15 bits per heavy atom. The molecule has 1 aromatic heterocycles. The van der Waals surface area contributed by atoms with Gasteiger partial charge in [-0.25, -0.2) is 4.98 Å². The smallest absolute Gasteiger partial charge is 0.291 e. The molecule has 2 aromatic rings. The third-order valence-corrected chi connectivity index (χ3v) is 3.43. The molecule has 106 valence electrons. The first-order valence-electron chi connectivity index (χ1n) is 5.03. The third-order valence-electron chi connectivity index (χ3n) is 1.98. The van der Waals surface area contributed by atoms with Gasteiger partial charge in [-0.05, 0) is 12.1 Å². The van der Waals surface area contributed by atoms with Gasteiger partial charge in [0.15, 0.2) is 0 Å².